The van der Waals surface area contributed by atoms with E-state index in [1.807, 2.05) is 62.4 Å². The molecule has 0 aliphatic carbocycles. The van der Waals surface area contributed by atoms with Crippen LogP contribution in [0.15, 0.2) is 48.5 Å². The van der Waals surface area contributed by atoms with Crippen molar-refractivity contribution in [2.24, 2.45) is 0 Å². The Balaban J connectivity index is 1.66. The molecule has 0 spiro atoms. The number of benzene rings is 2. The van der Waals surface area contributed by atoms with E-state index < -0.39 is 0 Å². The number of amides is 1. The Hall–Kier alpha value is -2.37. The quantitative estimate of drug-likeness (QED) is 0.678. The van der Waals surface area contributed by atoms with Gasteiger partial charge in [0.2, 0.25) is 0 Å². The smallest absolute Gasteiger partial charge is 0.264 e. The third kappa shape index (κ3) is 4.38. The summed E-state index contributed by atoms with van der Waals surface area (Å²) in [6, 6.07) is 15.1. The lowest BCUT2D eigenvalue weighted by atomic mass is 10.1. The topological polar surface area (TPSA) is 51.2 Å². The van der Waals surface area contributed by atoms with Crippen molar-refractivity contribution in [3.63, 3.8) is 0 Å². The van der Waals surface area contributed by atoms with Gasteiger partial charge in [0, 0.05) is 15.5 Å². The SMILES string of the molecule is Cc1ccccc1OCC(=O)Nc1nc(-c2cccc(Cl)c2)c(C)s1. The molecule has 1 heterocycles. The van der Waals surface area contributed by atoms with E-state index in [4.69, 9.17) is 16.3 Å². The van der Waals surface area contributed by atoms with Gasteiger partial charge < -0.3 is 4.74 Å². The van der Waals surface area contributed by atoms with Gasteiger partial charge in [0.15, 0.2) is 11.7 Å². The standard InChI is InChI=1S/C19H17ClN2O2S/c1-12-6-3-4-9-16(12)24-11-17(23)21-19-22-18(13(2)25-19)14-7-5-8-15(20)10-14/h3-10H,11H2,1-2H3,(H,21,22,23). The van der Waals surface area contributed by atoms with E-state index >= 15 is 0 Å². The number of carbonyl (C=O) groups excluding carboxylic acids is 1. The second-order valence-electron chi connectivity index (χ2n) is 5.54. The van der Waals surface area contributed by atoms with Crippen LogP contribution in [-0.2, 0) is 4.79 Å². The summed E-state index contributed by atoms with van der Waals surface area (Å²) in [6.07, 6.45) is 0. The van der Waals surface area contributed by atoms with Crippen LogP contribution in [0.1, 0.15) is 10.4 Å². The zero-order chi connectivity index (χ0) is 17.8. The molecule has 25 heavy (non-hydrogen) atoms. The van der Waals surface area contributed by atoms with Gasteiger partial charge in [-0.05, 0) is 37.6 Å². The molecule has 0 saturated heterocycles. The first-order valence-electron chi connectivity index (χ1n) is 7.74. The van der Waals surface area contributed by atoms with Crippen LogP contribution in [0.4, 0.5) is 5.13 Å². The van der Waals surface area contributed by atoms with Gasteiger partial charge in [0.05, 0.1) is 5.69 Å². The number of halogens is 1. The van der Waals surface area contributed by atoms with Gasteiger partial charge in [0.1, 0.15) is 5.75 Å². The number of ether oxygens (including phenoxy) is 1. The van der Waals surface area contributed by atoms with E-state index in [9.17, 15) is 4.79 Å². The monoisotopic (exact) mass is 372 g/mol. The molecule has 0 aliphatic heterocycles. The second kappa shape index (κ2) is 7.68. The van der Waals surface area contributed by atoms with E-state index in [0.29, 0.717) is 15.9 Å². The molecule has 1 N–H and O–H groups in total. The number of rotatable bonds is 5. The van der Waals surface area contributed by atoms with Crippen molar-refractivity contribution in [3.05, 3.63) is 64.0 Å². The largest absolute Gasteiger partial charge is 0.483 e. The lowest BCUT2D eigenvalue weighted by Crippen LogP contribution is -2.20. The van der Waals surface area contributed by atoms with Crippen molar-refractivity contribution in [2.45, 2.75) is 13.8 Å². The Bertz CT molecular complexity index is 908. The number of para-hydroxylation sites is 1. The van der Waals surface area contributed by atoms with Crippen LogP contribution in [-0.4, -0.2) is 17.5 Å². The molecule has 3 aromatic rings. The summed E-state index contributed by atoms with van der Waals surface area (Å²) in [4.78, 5) is 17.6. The lowest BCUT2D eigenvalue weighted by molar-refractivity contribution is -0.118. The normalized spacial score (nSPS) is 10.5. The Labute approximate surface area is 155 Å². The zero-order valence-corrected chi connectivity index (χ0v) is 15.4. The lowest BCUT2D eigenvalue weighted by Gasteiger charge is -2.08. The van der Waals surface area contributed by atoms with Crippen molar-refractivity contribution in [1.29, 1.82) is 0 Å². The zero-order valence-electron chi connectivity index (χ0n) is 13.9. The number of carbonyl (C=O) groups is 1. The molecule has 3 rings (SSSR count). The number of anilines is 1. The minimum atomic E-state index is -0.241. The summed E-state index contributed by atoms with van der Waals surface area (Å²) < 4.78 is 5.56. The van der Waals surface area contributed by atoms with Crippen LogP contribution >= 0.6 is 22.9 Å². The summed E-state index contributed by atoms with van der Waals surface area (Å²) in [7, 11) is 0. The number of nitrogens with zero attached hydrogens (tertiary/aromatic N) is 1. The maximum absolute atomic E-state index is 12.1. The van der Waals surface area contributed by atoms with Crippen molar-refractivity contribution in [1.82, 2.24) is 4.98 Å². The fourth-order valence-electron chi connectivity index (χ4n) is 2.37. The van der Waals surface area contributed by atoms with Crippen molar-refractivity contribution in [2.75, 3.05) is 11.9 Å². The highest BCUT2D eigenvalue weighted by molar-refractivity contribution is 7.16. The summed E-state index contributed by atoms with van der Waals surface area (Å²) >= 11 is 7.47. The third-order valence-electron chi connectivity index (χ3n) is 3.59. The molecule has 4 nitrogen and oxygen atoms in total. The van der Waals surface area contributed by atoms with Crippen LogP contribution in [0.5, 0.6) is 5.75 Å². The first kappa shape index (κ1) is 17.5. The molecule has 0 aliphatic rings. The van der Waals surface area contributed by atoms with Gasteiger partial charge in [-0.15, -0.1) is 11.3 Å². The fraction of sp³-hybridized carbons (Fsp3) is 0.158. The summed E-state index contributed by atoms with van der Waals surface area (Å²) in [5.41, 5.74) is 2.74. The number of aromatic nitrogens is 1. The van der Waals surface area contributed by atoms with Gasteiger partial charge in [-0.1, -0.05) is 41.9 Å². The van der Waals surface area contributed by atoms with Gasteiger partial charge in [-0.2, -0.15) is 0 Å². The molecular formula is C19H17ClN2O2S. The summed E-state index contributed by atoms with van der Waals surface area (Å²) in [5, 5.41) is 3.99. The number of thiazole rings is 1. The molecule has 6 heteroatoms. The van der Waals surface area contributed by atoms with Gasteiger partial charge >= 0.3 is 0 Å². The molecule has 0 saturated carbocycles. The Kier molecular flexibility index (Phi) is 5.36. The summed E-state index contributed by atoms with van der Waals surface area (Å²) in [5.74, 6) is 0.460. The van der Waals surface area contributed by atoms with E-state index in [0.717, 1.165) is 21.7 Å². The van der Waals surface area contributed by atoms with Gasteiger partial charge in [-0.3, -0.25) is 10.1 Å². The molecular weight excluding hydrogens is 356 g/mol. The first-order valence-corrected chi connectivity index (χ1v) is 8.94. The molecule has 0 fully saturated rings. The minimum Gasteiger partial charge on any atom is -0.483 e. The molecule has 2 aromatic carbocycles. The molecule has 128 valence electrons. The predicted molar refractivity (Wildman–Crippen MR) is 103 cm³/mol. The van der Waals surface area contributed by atoms with Crippen molar-refractivity contribution in [3.8, 4) is 17.0 Å². The van der Waals surface area contributed by atoms with E-state index in [2.05, 4.69) is 10.3 Å². The minimum absolute atomic E-state index is 0.0595. The molecule has 0 atom stereocenters. The number of nitrogens with one attached hydrogen (secondary N) is 1. The molecule has 0 radical (unpaired) electrons. The predicted octanol–water partition coefficient (Wildman–Crippen LogP) is 5.10. The Morgan fingerprint density at radius 3 is 2.76 bits per heavy atom. The molecule has 1 aromatic heterocycles. The van der Waals surface area contributed by atoms with Crippen molar-refractivity contribution >= 4 is 34.0 Å². The highest BCUT2D eigenvalue weighted by Crippen LogP contribution is 2.31. The number of aryl methyl sites for hydroxylation is 2. The fourth-order valence-corrected chi connectivity index (χ4v) is 3.41. The molecule has 1 amide bonds. The van der Waals surface area contributed by atoms with Crippen LogP contribution in [0.3, 0.4) is 0 Å². The van der Waals surface area contributed by atoms with Crippen LogP contribution in [0.25, 0.3) is 11.3 Å². The summed E-state index contributed by atoms with van der Waals surface area (Å²) in [6.45, 7) is 3.85. The van der Waals surface area contributed by atoms with Gasteiger partial charge in [0.25, 0.3) is 5.91 Å². The average Bonchev–Trinajstić information content (AvgIpc) is 2.94. The van der Waals surface area contributed by atoms with Crippen LogP contribution < -0.4 is 10.1 Å². The third-order valence-corrected chi connectivity index (χ3v) is 4.71. The maximum atomic E-state index is 12.1. The molecule has 0 unspecified atom stereocenters. The van der Waals surface area contributed by atoms with Crippen molar-refractivity contribution < 1.29 is 9.53 Å². The average molecular weight is 373 g/mol. The second-order valence-corrected chi connectivity index (χ2v) is 7.18. The highest BCUT2D eigenvalue weighted by Gasteiger charge is 2.13. The van der Waals surface area contributed by atoms with E-state index in [1.54, 1.807) is 0 Å². The highest BCUT2D eigenvalue weighted by atomic mass is 35.5. The molecule has 0 bridgehead atoms. The van der Waals surface area contributed by atoms with Crippen LogP contribution in [0, 0.1) is 13.8 Å². The number of hydrogen-bond acceptors (Lipinski definition) is 4. The van der Waals surface area contributed by atoms with Crippen LogP contribution in [0.2, 0.25) is 5.02 Å². The Morgan fingerprint density at radius 2 is 2.00 bits per heavy atom. The van der Waals surface area contributed by atoms with E-state index in [1.165, 1.54) is 11.3 Å². The maximum Gasteiger partial charge on any atom is 0.264 e. The first-order chi connectivity index (χ1) is 12.0. The number of hydrogen-bond donors (Lipinski definition) is 1. The Morgan fingerprint density at radius 1 is 1.20 bits per heavy atom. The van der Waals surface area contributed by atoms with Gasteiger partial charge in [-0.25, -0.2) is 4.98 Å². The van der Waals surface area contributed by atoms with E-state index in [-0.39, 0.29) is 12.5 Å².